The van der Waals surface area contributed by atoms with Crippen LogP contribution in [0.1, 0.15) is 21.5 Å². The van der Waals surface area contributed by atoms with Crippen LogP contribution in [0.5, 0.6) is 11.6 Å². The van der Waals surface area contributed by atoms with E-state index in [0.29, 0.717) is 11.1 Å². The molecule has 4 rings (SSSR count). The third-order valence-electron chi connectivity index (χ3n) is 4.69. The van der Waals surface area contributed by atoms with E-state index in [-0.39, 0.29) is 42.5 Å². The molecule has 0 saturated heterocycles. The topological polar surface area (TPSA) is 81.5 Å². The molecular weight excluding hydrogens is 437 g/mol. The van der Waals surface area contributed by atoms with E-state index < -0.39 is 28.8 Å². The summed E-state index contributed by atoms with van der Waals surface area (Å²) in [7, 11) is 0. The van der Waals surface area contributed by atoms with Crippen LogP contribution < -0.4 is 9.47 Å². The van der Waals surface area contributed by atoms with Crippen molar-refractivity contribution in [2.45, 2.75) is 6.61 Å². The van der Waals surface area contributed by atoms with Crippen LogP contribution in [0.4, 0.5) is 13.2 Å². The molecule has 1 heterocycles. The van der Waals surface area contributed by atoms with Crippen molar-refractivity contribution in [2.75, 3.05) is 13.2 Å². The number of rotatable bonds is 8. The van der Waals surface area contributed by atoms with E-state index in [4.69, 9.17) is 14.6 Å². The van der Waals surface area contributed by atoms with Gasteiger partial charge in [0, 0.05) is 5.56 Å². The molecule has 1 N–H and O–H groups in total. The first-order valence-corrected chi connectivity index (χ1v) is 9.86. The van der Waals surface area contributed by atoms with Gasteiger partial charge < -0.3 is 14.6 Å². The van der Waals surface area contributed by atoms with Crippen molar-refractivity contribution in [2.24, 2.45) is 0 Å². The number of aliphatic hydroxyl groups is 1. The van der Waals surface area contributed by atoms with Crippen molar-refractivity contribution in [1.29, 1.82) is 0 Å². The summed E-state index contributed by atoms with van der Waals surface area (Å²) in [4.78, 5) is 21.3. The molecule has 0 aliphatic carbocycles. The fraction of sp³-hybridized carbons (Fsp3) is 0.125. The Labute approximate surface area is 186 Å². The molecule has 0 aliphatic rings. The molecule has 0 spiro atoms. The molecule has 0 unspecified atom stereocenters. The molecule has 4 aromatic rings. The van der Waals surface area contributed by atoms with E-state index in [2.05, 4.69) is 9.97 Å². The monoisotopic (exact) mass is 454 g/mol. The molecule has 0 fully saturated rings. The Morgan fingerprint density at radius 3 is 2.61 bits per heavy atom. The van der Waals surface area contributed by atoms with Crippen LogP contribution in [0.15, 0.2) is 60.8 Å². The van der Waals surface area contributed by atoms with E-state index in [0.717, 1.165) is 12.1 Å². The van der Waals surface area contributed by atoms with E-state index in [1.807, 2.05) is 0 Å². The lowest BCUT2D eigenvalue weighted by Crippen LogP contribution is -2.10. The smallest absolute Gasteiger partial charge is 0.232 e. The highest BCUT2D eigenvalue weighted by molar-refractivity contribution is 6.10. The lowest BCUT2D eigenvalue weighted by molar-refractivity contribution is 0.103. The van der Waals surface area contributed by atoms with Gasteiger partial charge in [-0.25, -0.2) is 23.1 Å². The molecule has 1 aromatic heterocycles. The molecule has 0 saturated carbocycles. The standard InChI is InChI=1S/C24H17F3N2O4/c25-16-3-1-2-14(10-16)13-33-20-7-5-17(26)22(23(20)27)24(31)15-4-6-18-19(11-15)29-21(12-28-18)32-9-8-30/h1-7,10-12,30H,8-9,13H2. The SMILES string of the molecule is O=C(c1ccc2ncc(OCCO)nc2c1)c1c(F)ccc(OCc2cccc(F)c2)c1F. The van der Waals surface area contributed by atoms with Gasteiger partial charge in [-0.15, -0.1) is 0 Å². The number of carbonyl (C=O) groups is 1. The molecule has 0 amide bonds. The summed E-state index contributed by atoms with van der Waals surface area (Å²) in [6, 6.07) is 11.8. The van der Waals surface area contributed by atoms with Crippen LogP contribution in [0, 0.1) is 17.5 Å². The number of benzene rings is 3. The molecular formula is C24H17F3N2O4. The number of hydrogen-bond acceptors (Lipinski definition) is 6. The largest absolute Gasteiger partial charge is 0.486 e. The summed E-state index contributed by atoms with van der Waals surface area (Å²) in [5.41, 5.74) is 0.355. The van der Waals surface area contributed by atoms with Crippen LogP contribution in [0.25, 0.3) is 11.0 Å². The summed E-state index contributed by atoms with van der Waals surface area (Å²) in [5, 5.41) is 8.86. The minimum Gasteiger partial charge on any atom is -0.486 e. The van der Waals surface area contributed by atoms with Crippen molar-refractivity contribution in [3.63, 3.8) is 0 Å². The number of ether oxygens (including phenoxy) is 2. The normalized spacial score (nSPS) is 10.9. The molecule has 0 bridgehead atoms. The molecule has 0 aliphatic heterocycles. The second-order valence-electron chi connectivity index (χ2n) is 6.97. The minimum atomic E-state index is -1.16. The number of aromatic nitrogens is 2. The van der Waals surface area contributed by atoms with E-state index in [1.165, 1.54) is 42.6 Å². The lowest BCUT2D eigenvalue weighted by atomic mass is 10.0. The molecule has 6 nitrogen and oxygen atoms in total. The van der Waals surface area contributed by atoms with Gasteiger partial charge in [-0.3, -0.25) is 4.79 Å². The fourth-order valence-electron chi connectivity index (χ4n) is 3.14. The van der Waals surface area contributed by atoms with Crippen molar-refractivity contribution >= 4 is 16.8 Å². The third kappa shape index (κ3) is 4.93. The first-order chi connectivity index (χ1) is 16.0. The van der Waals surface area contributed by atoms with Gasteiger partial charge in [0.05, 0.1) is 29.4 Å². The van der Waals surface area contributed by atoms with E-state index in [9.17, 15) is 13.6 Å². The van der Waals surface area contributed by atoms with Crippen molar-refractivity contribution in [3.8, 4) is 11.6 Å². The highest BCUT2D eigenvalue weighted by atomic mass is 19.1. The van der Waals surface area contributed by atoms with Crippen LogP contribution in [-0.2, 0) is 6.61 Å². The molecule has 0 atom stereocenters. The Bertz CT molecular complexity index is 1330. The maximum Gasteiger partial charge on any atom is 0.232 e. The second kappa shape index (κ2) is 9.66. The second-order valence-corrected chi connectivity index (χ2v) is 6.97. The first kappa shape index (κ1) is 22.2. The van der Waals surface area contributed by atoms with E-state index >= 15 is 4.39 Å². The van der Waals surface area contributed by atoms with Crippen molar-refractivity contribution in [1.82, 2.24) is 9.97 Å². The average molecular weight is 454 g/mol. The zero-order chi connectivity index (χ0) is 23.4. The predicted octanol–water partition coefficient (Wildman–Crippen LogP) is 4.23. The van der Waals surface area contributed by atoms with Gasteiger partial charge in [0.25, 0.3) is 0 Å². The Morgan fingerprint density at radius 2 is 1.82 bits per heavy atom. The Kier molecular flexibility index (Phi) is 6.50. The number of hydrogen-bond donors (Lipinski definition) is 1. The number of nitrogens with zero attached hydrogens (tertiary/aromatic N) is 2. The van der Waals surface area contributed by atoms with E-state index in [1.54, 1.807) is 6.07 Å². The molecule has 9 heteroatoms. The Hall–Kier alpha value is -3.98. The number of fused-ring (bicyclic) bond motifs is 1. The van der Waals surface area contributed by atoms with Gasteiger partial charge in [-0.05, 0) is 48.0 Å². The molecule has 168 valence electrons. The van der Waals surface area contributed by atoms with Gasteiger partial charge in [0.15, 0.2) is 17.3 Å². The highest BCUT2D eigenvalue weighted by Crippen LogP contribution is 2.27. The van der Waals surface area contributed by atoms with Crippen LogP contribution in [-0.4, -0.2) is 34.1 Å². The third-order valence-corrected chi connectivity index (χ3v) is 4.69. The highest BCUT2D eigenvalue weighted by Gasteiger charge is 2.23. The molecule has 33 heavy (non-hydrogen) atoms. The van der Waals surface area contributed by atoms with Gasteiger partial charge in [0.1, 0.15) is 24.8 Å². The van der Waals surface area contributed by atoms with Crippen LogP contribution in [0.2, 0.25) is 0 Å². The zero-order valence-electron chi connectivity index (χ0n) is 17.1. The fourth-order valence-corrected chi connectivity index (χ4v) is 3.14. The lowest BCUT2D eigenvalue weighted by Gasteiger charge is -2.11. The maximum absolute atomic E-state index is 15.0. The number of carbonyl (C=O) groups excluding carboxylic acids is 1. The first-order valence-electron chi connectivity index (χ1n) is 9.86. The van der Waals surface area contributed by atoms with Gasteiger partial charge in [-0.2, -0.15) is 0 Å². The van der Waals surface area contributed by atoms with Gasteiger partial charge in [-0.1, -0.05) is 12.1 Å². The summed E-state index contributed by atoms with van der Waals surface area (Å²) in [6.07, 6.45) is 1.36. The summed E-state index contributed by atoms with van der Waals surface area (Å²) >= 11 is 0. The quantitative estimate of drug-likeness (QED) is 0.402. The molecule has 3 aromatic carbocycles. The van der Waals surface area contributed by atoms with Crippen LogP contribution in [0.3, 0.4) is 0 Å². The van der Waals surface area contributed by atoms with Gasteiger partial charge >= 0.3 is 0 Å². The number of halogens is 3. The van der Waals surface area contributed by atoms with Gasteiger partial charge in [0.2, 0.25) is 5.88 Å². The summed E-state index contributed by atoms with van der Waals surface area (Å²) in [6.45, 7) is -0.373. The summed E-state index contributed by atoms with van der Waals surface area (Å²) < 4.78 is 53.4. The number of aliphatic hydroxyl groups excluding tert-OH is 1. The summed E-state index contributed by atoms with van der Waals surface area (Å²) in [5.74, 6) is -3.82. The predicted molar refractivity (Wildman–Crippen MR) is 113 cm³/mol. The Balaban J connectivity index is 1.63. The zero-order valence-corrected chi connectivity index (χ0v) is 17.1. The van der Waals surface area contributed by atoms with Crippen LogP contribution >= 0.6 is 0 Å². The molecule has 0 radical (unpaired) electrons. The van der Waals surface area contributed by atoms with Crippen molar-refractivity contribution in [3.05, 3.63) is 94.9 Å². The maximum atomic E-state index is 15.0. The van der Waals surface area contributed by atoms with Crippen molar-refractivity contribution < 1.29 is 32.5 Å². The Morgan fingerprint density at radius 1 is 0.970 bits per heavy atom. The number of ketones is 1. The average Bonchev–Trinajstić information content (AvgIpc) is 2.81. The minimum absolute atomic E-state index is 0.0116.